The van der Waals surface area contributed by atoms with Crippen LogP contribution in [0.5, 0.6) is 0 Å². The lowest BCUT2D eigenvalue weighted by Crippen LogP contribution is -2.47. The lowest BCUT2D eigenvalue weighted by Gasteiger charge is -2.39. The molecule has 0 unspecified atom stereocenters. The van der Waals surface area contributed by atoms with Crippen LogP contribution < -0.4 is 5.32 Å². The molecule has 0 atom stereocenters. The molecule has 2 aliphatic carbocycles. The first-order chi connectivity index (χ1) is 7.99. The van der Waals surface area contributed by atoms with E-state index < -0.39 is 0 Å². The van der Waals surface area contributed by atoms with Gasteiger partial charge in [0, 0.05) is 12.6 Å². The van der Waals surface area contributed by atoms with Crippen LogP contribution in [0.4, 0.5) is 0 Å². The van der Waals surface area contributed by atoms with Gasteiger partial charge in [-0.3, -0.25) is 0 Å². The van der Waals surface area contributed by atoms with Crippen LogP contribution in [0.15, 0.2) is 0 Å². The van der Waals surface area contributed by atoms with Crippen molar-refractivity contribution in [2.75, 3.05) is 6.54 Å². The molecule has 2 rings (SSSR count). The molecule has 2 fully saturated rings. The van der Waals surface area contributed by atoms with Crippen molar-refractivity contribution in [1.82, 2.24) is 5.32 Å². The number of hydrogen-bond acceptors (Lipinski definition) is 2. The first-order valence-electron chi connectivity index (χ1n) is 7.43. The molecule has 17 heavy (non-hydrogen) atoms. The highest BCUT2D eigenvalue weighted by molar-refractivity contribution is 4.91. The van der Waals surface area contributed by atoms with Crippen LogP contribution in [-0.4, -0.2) is 23.8 Å². The van der Waals surface area contributed by atoms with Crippen molar-refractivity contribution in [3.8, 4) is 0 Å². The van der Waals surface area contributed by atoms with Crippen molar-refractivity contribution in [2.45, 2.75) is 89.4 Å². The van der Waals surface area contributed by atoms with Gasteiger partial charge in [0.1, 0.15) is 0 Å². The van der Waals surface area contributed by atoms with Crippen molar-refractivity contribution in [1.29, 1.82) is 0 Å². The number of rotatable bonds is 4. The second-order valence-corrected chi connectivity index (χ2v) is 6.97. The molecule has 0 aromatic heterocycles. The third-order valence-electron chi connectivity index (χ3n) is 3.83. The number of ether oxygens (including phenoxy) is 1. The van der Waals surface area contributed by atoms with Crippen molar-refractivity contribution in [3.63, 3.8) is 0 Å². The van der Waals surface area contributed by atoms with Crippen molar-refractivity contribution < 1.29 is 4.74 Å². The Bertz CT molecular complexity index is 232. The summed E-state index contributed by atoms with van der Waals surface area (Å²) in [6.45, 7) is 7.64. The van der Waals surface area contributed by atoms with E-state index in [4.69, 9.17) is 4.74 Å². The summed E-state index contributed by atoms with van der Waals surface area (Å²) in [5, 5.41) is 3.69. The normalized spacial score (nSPS) is 25.6. The van der Waals surface area contributed by atoms with Gasteiger partial charge in [0.2, 0.25) is 0 Å². The van der Waals surface area contributed by atoms with E-state index in [2.05, 4.69) is 26.1 Å². The Morgan fingerprint density at radius 1 is 1.06 bits per heavy atom. The van der Waals surface area contributed by atoms with Gasteiger partial charge in [-0.25, -0.2) is 0 Å². The third-order valence-corrected chi connectivity index (χ3v) is 3.83. The molecular weight excluding hydrogens is 210 g/mol. The van der Waals surface area contributed by atoms with E-state index in [0.717, 1.165) is 12.6 Å². The summed E-state index contributed by atoms with van der Waals surface area (Å²) in [5.41, 5.74) is 0.0902. The van der Waals surface area contributed by atoms with Gasteiger partial charge >= 0.3 is 0 Å². The Morgan fingerprint density at radius 3 is 2.12 bits per heavy atom. The minimum Gasteiger partial charge on any atom is -0.368 e. The van der Waals surface area contributed by atoms with E-state index in [9.17, 15) is 0 Å². The first kappa shape index (κ1) is 13.4. The summed E-state index contributed by atoms with van der Waals surface area (Å²) in [7, 11) is 0. The van der Waals surface area contributed by atoms with Crippen molar-refractivity contribution >= 4 is 0 Å². The lowest BCUT2D eigenvalue weighted by molar-refractivity contribution is -0.137. The van der Waals surface area contributed by atoms with Gasteiger partial charge < -0.3 is 10.1 Å². The Balaban J connectivity index is 1.96. The smallest absolute Gasteiger partial charge is 0.0813 e. The zero-order valence-corrected chi connectivity index (χ0v) is 11.8. The number of hydrogen-bond donors (Lipinski definition) is 1. The SMILES string of the molecule is CC(C)(C)OC1(CNC2CC2)CCCCCC1. The van der Waals surface area contributed by atoms with E-state index in [1.165, 1.54) is 51.4 Å². The van der Waals surface area contributed by atoms with Gasteiger partial charge in [-0.15, -0.1) is 0 Å². The Kier molecular flexibility index (Phi) is 4.14. The summed E-state index contributed by atoms with van der Waals surface area (Å²) < 4.78 is 6.46. The second-order valence-electron chi connectivity index (χ2n) is 6.97. The average Bonchev–Trinajstić information content (AvgIpc) is 2.99. The fourth-order valence-electron chi connectivity index (χ4n) is 2.96. The lowest BCUT2D eigenvalue weighted by atomic mass is 9.92. The highest BCUT2D eigenvalue weighted by Gasteiger charge is 2.37. The molecule has 1 N–H and O–H groups in total. The molecule has 0 heterocycles. The van der Waals surface area contributed by atoms with Gasteiger partial charge in [0.05, 0.1) is 11.2 Å². The Hall–Kier alpha value is -0.0800. The monoisotopic (exact) mass is 239 g/mol. The molecule has 0 radical (unpaired) electrons. The summed E-state index contributed by atoms with van der Waals surface area (Å²) >= 11 is 0. The number of nitrogens with one attached hydrogen (secondary N) is 1. The van der Waals surface area contributed by atoms with Gasteiger partial charge in [0.25, 0.3) is 0 Å². The Morgan fingerprint density at radius 2 is 1.65 bits per heavy atom. The maximum atomic E-state index is 6.46. The molecule has 0 spiro atoms. The second kappa shape index (κ2) is 5.27. The van der Waals surface area contributed by atoms with Crippen molar-refractivity contribution in [3.05, 3.63) is 0 Å². The van der Waals surface area contributed by atoms with E-state index >= 15 is 0 Å². The maximum Gasteiger partial charge on any atom is 0.0813 e. The topological polar surface area (TPSA) is 21.3 Å². The molecule has 0 aromatic carbocycles. The highest BCUT2D eigenvalue weighted by atomic mass is 16.5. The quantitative estimate of drug-likeness (QED) is 0.756. The molecule has 0 amide bonds. The van der Waals surface area contributed by atoms with Gasteiger partial charge in [-0.1, -0.05) is 25.7 Å². The zero-order valence-electron chi connectivity index (χ0n) is 11.8. The van der Waals surface area contributed by atoms with E-state index in [0.29, 0.717) is 0 Å². The molecule has 2 nitrogen and oxygen atoms in total. The van der Waals surface area contributed by atoms with Crippen LogP contribution in [0.1, 0.15) is 72.1 Å². The van der Waals surface area contributed by atoms with Crippen molar-refractivity contribution in [2.24, 2.45) is 0 Å². The maximum absolute atomic E-state index is 6.46. The zero-order chi connectivity index (χ0) is 12.4. The fraction of sp³-hybridized carbons (Fsp3) is 1.00. The molecule has 100 valence electrons. The molecule has 2 heteroatoms. The predicted molar refractivity (Wildman–Crippen MR) is 72.3 cm³/mol. The minimum absolute atomic E-state index is 0.0183. The standard InChI is InChI=1S/C15H29NO/c1-14(2,3)17-15(12-16-13-8-9-13)10-6-4-5-7-11-15/h13,16H,4-12H2,1-3H3. The first-order valence-corrected chi connectivity index (χ1v) is 7.43. The van der Waals surface area contributed by atoms with Gasteiger partial charge in [0.15, 0.2) is 0 Å². The minimum atomic E-state index is -0.0183. The van der Waals surface area contributed by atoms with E-state index in [-0.39, 0.29) is 11.2 Å². The molecular formula is C15H29NO. The molecule has 0 saturated heterocycles. The molecule has 2 aliphatic rings. The molecule has 0 bridgehead atoms. The van der Waals surface area contributed by atoms with Crippen LogP contribution in [0, 0.1) is 0 Å². The van der Waals surface area contributed by atoms with Gasteiger partial charge in [-0.2, -0.15) is 0 Å². The van der Waals surface area contributed by atoms with Crippen LogP contribution in [0.25, 0.3) is 0 Å². The summed E-state index contributed by atoms with van der Waals surface area (Å²) in [4.78, 5) is 0. The third kappa shape index (κ3) is 4.59. The summed E-state index contributed by atoms with van der Waals surface area (Å²) in [5.74, 6) is 0. The highest BCUT2D eigenvalue weighted by Crippen LogP contribution is 2.34. The molecule has 0 aliphatic heterocycles. The van der Waals surface area contributed by atoms with Crippen LogP contribution in [0.2, 0.25) is 0 Å². The van der Waals surface area contributed by atoms with E-state index in [1.54, 1.807) is 0 Å². The Labute approximate surface area is 107 Å². The van der Waals surface area contributed by atoms with Crippen LogP contribution in [0.3, 0.4) is 0 Å². The average molecular weight is 239 g/mol. The fourth-order valence-corrected chi connectivity index (χ4v) is 2.96. The largest absolute Gasteiger partial charge is 0.368 e. The van der Waals surface area contributed by atoms with Gasteiger partial charge in [-0.05, 0) is 46.5 Å². The summed E-state index contributed by atoms with van der Waals surface area (Å²) in [6, 6.07) is 0.790. The van der Waals surface area contributed by atoms with Crippen LogP contribution in [-0.2, 0) is 4.74 Å². The predicted octanol–water partition coefficient (Wildman–Crippen LogP) is 3.65. The molecule has 0 aromatic rings. The van der Waals surface area contributed by atoms with E-state index in [1.807, 2.05) is 0 Å². The van der Waals surface area contributed by atoms with Crippen LogP contribution >= 0.6 is 0 Å². The summed E-state index contributed by atoms with van der Waals surface area (Å²) in [6.07, 6.45) is 10.7. The molecule has 2 saturated carbocycles.